The molecular formula is C12H26N2+2. The Morgan fingerprint density at radius 1 is 1.21 bits per heavy atom. The van der Waals surface area contributed by atoms with Gasteiger partial charge in [-0.1, -0.05) is 32.6 Å². The standard InChI is InChI=1S/C12H25N2/c1-4-5-6-7-8-9-12-13(2)10-11-14(12)3/h4-11H2,1-3H3/q+1/p+1. The van der Waals surface area contributed by atoms with E-state index in [0.717, 1.165) is 0 Å². The van der Waals surface area contributed by atoms with Gasteiger partial charge < -0.3 is 0 Å². The third-order valence-electron chi connectivity index (χ3n) is 3.29. The zero-order valence-electron chi connectivity index (χ0n) is 10.1. The van der Waals surface area contributed by atoms with Gasteiger partial charge >= 0.3 is 5.84 Å². The van der Waals surface area contributed by atoms with Gasteiger partial charge in [-0.05, 0) is 6.42 Å². The van der Waals surface area contributed by atoms with Crippen LogP contribution in [-0.2, 0) is 0 Å². The number of unbranched alkanes of at least 4 members (excludes halogenated alkanes) is 4. The summed E-state index contributed by atoms with van der Waals surface area (Å²) in [6.45, 7) is 4.81. The van der Waals surface area contributed by atoms with Crippen molar-refractivity contribution in [2.45, 2.75) is 45.4 Å². The molecule has 1 N–H and O–H groups in total. The van der Waals surface area contributed by atoms with Crippen LogP contribution >= 0.6 is 0 Å². The molecule has 0 aromatic heterocycles. The molecular weight excluding hydrogens is 172 g/mol. The van der Waals surface area contributed by atoms with E-state index < -0.39 is 0 Å². The van der Waals surface area contributed by atoms with Gasteiger partial charge in [0.25, 0.3) is 0 Å². The second-order valence-electron chi connectivity index (χ2n) is 4.56. The summed E-state index contributed by atoms with van der Waals surface area (Å²) >= 11 is 0. The Bertz CT molecular complexity index is 196. The van der Waals surface area contributed by atoms with Crippen LogP contribution in [0.3, 0.4) is 0 Å². The molecule has 1 atom stereocenters. The Balaban J connectivity index is 2.14. The van der Waals surface area contributed by atoms with Crippen molar-refractivity contribution in [3.8, 4) is 0 Å². The van der Waals surface area contributed by atoms with E-state index in [2.05, 4.69) is 25.6 Å². The fourth-order valence-corrected chi connectivity index (χ4v) is 2.24. The summed E-state index contributed by atoms with van der Waals surface area (Å²) in [5, 5.41) is 0. The number of rotatable bonds is 6. The Morgan fingerprint density at radius 3 is 2.50 bits per heavy atom. The first kappa shape index (κ1) is 11.7. The number of hydrogen-bond acceptors (Lipinski definition) is 0. The van der Waals surface area contributed by atoms with Gasteiger partial charge in [-0.3, -0.25) is 0 Å². The minimum absolute atomic E-state index is 1.25. The molecule has 0 aliphatic carbocycles. The summed E-state index contributed by atoms with van der Waals surface area (Å²) < 4.78 is 2.44. The predicted octanol–water partition coefficient (Wildman–Crippen LogP) is 0.916. The van der Waals surface area contributed by atoms with Gasteiger partial charge in [0.15, 0.2) is 6.54 Å². The number of nitrogens with zero attached hydrogens (tertiary/aromatic N) is 1. The summed E-state index contributed by atoms with van der Waals surface area (Å²) in [7, 11) is 4.53. The summed E-state index contributed by atoms with van der Waals surface area (Å²) in [5.41, 5.74) is 0. The molecule has 0 saturated carbocycles. The summed E-state index contributed by atoms with van der Waals surface area (Å²) in [6.07, 6.45) is 8.30. The number of hydrogen-bond donors (Lipinski definition) is 1. The van der Waals surface area contributed by atoms with Crippen molar-refractivity contribution in [3.63, 3.8) is 0 Å². The lowest BCUT2D eigenvalue weighted by Crippen LogP contribution is -3.10. The lowest BCUT2D eigenvalue weighted by atomic mass is 10.1. The molecule has 0 fully saturated rings. The van der Waals surface area contributed by atoms with Gasteiger partial charge in [-0.25, -0.2) is 4.90 Å². The Labute approximate surface area is 88.6 Å². The first-order valence-electron chi connectivity index (χ1n) is 6.15. The fraction of sp³-hybridized carbons (Fsp3) is 0.917. The molecule has 0 aromatic rings. The van der Waals surface area contributed by atoms with E-state index in [4.69, 9.17) is 0 Å². The van der Waals surface area contributed by atoms with E-state index in [1.165, 1.54) is 51.6 Å². The Morgan fingerprint density at radius 2 is 1.93 bits per heavy atom. The quantitative estimate of drug-likeness (QED) is 0.479. The predicted molar refractivity (Wildman–Crippen MR) is 61.2 cm³/mol. The lowest BCUT2D eigenvalue weighted by molar-refractivity contribution is -0.779. The van der Waals surface area contributed by atoms with Crippen LogP contribution in [0.15, 0.2) is 0 Å². The Hall–Kier alpha value is -0.370. The highest BCUT2D eigenvalue weighted by Gasteiger charge is 2.28. The van der Waals surface area contributed by atoms with Crippen LogP contribution in [0.1, 0.15) is 45.4 Å². The van der Waals surface area contributed by atoms with Crippen LogP contribution in [0.2, 0.25) is 0 Å². The van der Waals surface area contributed by atoms with E-state index in [1.807, 2.05) is 0 Å². The van der Waals surface area contributed by atoms with Crippen LogP contribution in [0.25, 0.3) is 0 Å². The van der Waals surface area contributed by atoms with Gasteiger partial charge in [0.2, 0.25) is 0 Å². The second kappa shape index (κ2) is 6.18. The van der Waals surface area contributed by atoms with Gasteiger partial charge in [-0.15, -0.1) is 0 Å². The van der Waals surface area contributed by atoms with E-state index in [-0.39, 0.29) is 0 Å². The molecule has 0 spiro atoms. The van der Waals surface area contributed by atoms with Crippen LogP contribution in [0.4, 0.5) is 0 Å². The average Bonchev–Trinajstić information content (AvgIpc) is 2.48. The average molecular weight is 198 g/mol. The molecule has 1 unspecified atom stereocenters. The third kappa shape index (κ3) is 3.41. The van der Waals surface area contributed by atoms with Crippen LogP contribution in [0.5, 0.6) is 0 Å². The number of quaternary nitrogens is 1. The lowest BCUT2D eigenvalue weighted by Gasteiger charge is -2.03. The van der Waals surface area contributed by atoms with Gasteiger partial charge in [0, 0.05) is 0 Å². The van der Waals surface area contributed by atoms with Crippen molar-refractivity contribution < 1.29 is 9.48 Å². The van der Waals surface area contributed by atoms with Crippen molar-refractivity contribution in [3.05, 3.63) is 0 Å². The van der Waals surface area contributed by atoms with E-state index in [0.29, 0.717) is 0 Å². The highest BCUT2D eigenvalue weighted by atomic mass is 15.3. The highest BCUT2D eigenvalue weighted by Crippen LogP contribution is 2.04. The fourth-order valence-electron chi connectivity index (χ4n) is 2.24. The minimum Gasteiger partial charge on any atom is -0.248 e. The molecule has 0 saturated heterocycles. The highest BCUT2D eigenvalue weighted by molar-refractivity contribution is 5.68. The monoisotopic (exact) mass is 198 g/mol. The minimum atomic E-state index is 1.25. The molecule has 2 nitrogen and oxygen atoms in total. The van der Waals surface area contributed by atoms with Crippen molar-refractivity contribution >= 4 is 5.84 Å². The number of likely N-dealkylation sites (N-methyl/N-ethyl adjacent to an activating group) is 2. The van der Waals surface area contributed by atoms with Crippen LogP contribution in [-0.4, -0.2) is 37.6 Å². The number of amidine groups is 1. The maximum atomic E-state index is 2.44. The summed E-state index contributed by atoms with van der Waals surface area (Å²) in [5.74, 6) is 1.63. The zero-order valence-corrected chi connectivity index (χ0v) is 10.1. The van der Waals surface area contributed by atoms with Crippen LogP contribution in [0, 0.1) is 0 Å². The smallest absolute Gasteiger partial charge is 0.248 e. The molecule has 2 heteroatoms. The molecule has 1 aliphatic rings. The van der Waals surface area contributed by atoms with E-state index >= 15 is 0 Å². The molecule has 14 heavy (non-hydrogen) atoms. The van der Waals surface area contributed by atoms with Crippen molar-refractivity contribution in [1.82, 2.24) is 0 Å². The Kier molecular flexibility index (Phi) is 5.16. The van der Waals surface area contributed by atoms with Crippen LogP contribution < -0.4 is 4.90 Å². The first-order chi connectivity index (χ1) is 6.75. The molecule has 0 bridgehead atoms. The zero-order chi connectivity index (χ0) is 10.4. The maximum absolute atomic E-state index is 2.44. The third-order valence-corrected chi connectivity index (χ3v) is 3.29. The largest absolute Gasteiger partial charge is 0.336 e. The summed E-state index contributed by atoms with van der Waals surface area (Å²) in [6, 6.07) is 0. The molecule has 0 aromatic carbocycles. The number of nitrogens with one attached hydrogen (secondary N) is 1. The molecule has 0 amide bonds. The first-order valence-corrected chi connectivity index (χ1v) is 6.15. The van der Waals surface area contributed by atoms with Crippen molar-refractivity contribution in [2.24, 2.45) is 0 Å². The van der Waals surface area contributed by atoms with Gasteiger partial charge in [0.1, 0.15) is 13.6 Å². The SMILES string of the molecule is CCCCCCCC1=[N+](C)CC[NH+]1C. The van der Waals surface area contributed by atoms with E-state index in [9.17, 15) is 0 Å². The topological polar surface area (TPSA) is 7.45 Å². The van der Waals surface area contributed by atoms with Gasteiger partial charge in [-0.2, -0.15) is 4.58 Å². The summed E-state index contributed by atoms with van der Waals surface area (Å²) in [4.78, 5) is 1.63. The van der Waals surface area contributed by atoms with Crippen molar-refractivity contribution in [2.75, 3.05) is 27.2 Å². The normalized spacial score (nSPS) is 22.1. The molecule has 82 valence electrons. The maximum Gasteiger partial charge on any atom is 0.336 e. The molecule has 1 rings (SSSR count). The van der Waals surface area contributed by atoms with E-state index in [1.54, 1.807) is 10.7 Å². The molecule has 0 radical (unpaired) electrons. The second-order valence-corrected chi connectivity index (χ2v) is 4.56. The molecule has 1 aliphatic heterocycles. The van der Waals surface area contributed by atoms with Gasteiger partial charge in [0.05, 0.1) is 13.5 Å². The van der Waals surface area contributed by atoms with Crippen molar-refractivity contribution in [1.29, 1.82) is 0 Å². The molecule has 1 heterocycles.